The number of allylic oxidation sites excluding steroid dienone is 2. The van der Waals surface area contributed by atoms with E-state index in [0.717, 1.165) is 24.1 Å². The van der Waals surface area contributed by atoms with Gasteiger partial charge in [-0.2, -0.15) is 9.97 Å². The van der Waals surface area contributed by atoms with Crippen LogP contribution in [0.3, 0.4) is 0 Å². The maximum atomic E-state index is 13.0. The number of ketones is 1. The highest BCUT2D eigenvalue weighted by molar-refractivity contribution is 6.01. The summed E-state index contributed by atoms with van der Waals surface area (Å²) in [5.41, 5.74) is 9.43. The second-order valence-corrected chi connectivity index (χ2v) is 7.93. The maximum absolute atomic E-state index is 13.0. The number of carbonyl (C=O) groups excluding carboxylic acids is 1. The Kier molecular flexibility index (Phi) is 4.90. The van der Waals surface area contributed by atoms with E-state index in [9.17, 15) is 9.90 Å². The molecular weight excluding hydrogens is 398 g/mol. The number of Topliss-reactive ketones (excluding diaryl/α,β-unsaturated/α-hetero) is 1. The first-order chi connectivity index (χ1) is 15.1. The van der Waals surface area contributed by atoms with E-state index >= 15 is 0 Å². The van der Waals surface area contributed by atoms with Gasteiger partial charge >= 0.3 is 0 Å². The molecule has 1 aromatic heterocycles. The molecule has 0 radical (unpaired) electrons. The molecule has 0 unspecified atom stereocenters. The van der Waals surface area contributed by atoms with Crippen molar-refractivity contribution in [1.82, 2.24) is 9.97 Å². The van der Waals surface area contributed by atoms with Crippen LogP contribution in [0.1, 0.15) is 36.3 Å². The van der Waals surface area contributed by atoms with Crippen molar-refractivity contribution < 1.29 is 19.4 Å². The van der Waals surface area contributed by atoms with Gasteiger partial charge in [0.1, 0.15) is 11.6 Å². The van der Waals surface area contributed by atoms with Crippen LogP contribution >= 0.6 is 0 Å². The summed E-state index contributed by atoms with van der Waals surface area (Å²) in [6.45, 7) is 2.62. The number of benzene rings is 1. The zero-order valence-electron chi connectivity index (χ0n) is 17.4. The van der Waals surface area contributed by atoms with Crippen molar-refractivity contribution in [3.63, 3.8) is 0 Å². The van der Waals surface area contributed by atoms with Gasteiger partial charge in [-0.1, -0.05) is 6.07 Å². The maximum Gasteiger partial charge on any atom is 0.229 e. The molecule has 0 spiro atoms. The van der Waals surface area contributed by atoms with Crippen molar-refractivity contribution in [3.05, 3.63) is 40.6 Å². The third kappa shape index (κ3) is 3.34. The number of nitrogens with two attached hydrogens (primary N) is 1. The quantitative estimate of drug-likeness (QED) is 0.681. The van der Waals surface area contributed by atoms with Crippen molar-refractivity contribution in [2.24, 2.45) is 0 Å². The van der Waals surface area contributed by atoms with Gasteiger partial charge in [0.2, 0.25) is 5.95 Å². The lowest BCUT2D eigenvalue weighted by Gasteiger charge is -2.35. The van der Waals surface area contributed by atoms with Gasteiger partial charge < -0.3 is 30.5 Å². The molecule has 162 valence electrons. The van der Waals surface area contributed by atoms with Crippen molar-refractivity contribution >= 4 is 23.4 Å². The van der Waals surface area contributed by atoms with Crippen LogP contribution < -0.4 is 20.7 Å². The summed E-state index contributed by atoms with van der Waals surface area (Å²) < 4.78 is 10.6. The molecule has 2 aliphatic heterocycles. The highest BCUT2D eigenvalue weighted by Gasteiger charge is 2.38. The Morgan fingerprint density at radius 2 is 2.06 bits per heavy atom. The summed E-state index contributed by atoms with van der Waals surface area (Å²) in [6.07, 6.45) is 2.04. The molecule has 1 aliphatic carbocycles. The van der Waals surface area contributed by atoms with E-state index in [2.05, 4.69) is 10.3 Å². The summed E-state index contributed by atoms with van der Waals surface area (Å²) in [5.74, 6) is 1.50. The van der Waals surface area contributed by atoms with Gasteiger partial charge in [-0.3, -0.25) is 4.79 Å². The lowest BCUT2D eigenvalue weighted by Crippen LogP contribution is -2.38. The first kappa shape index (κ1) is 19.6. The summed E-state index contributed by atoms with van der Waals surface area (Å²) in [5, 5.41) is 13.8. The second-order valence-electron chi connectivity index (χ2n) is 7.93. The molecule has 1 atom stereocenters. The molecule has 0 saturated carbocycles. The number of methoxy groups -OCH3 is 1. The van der Waals surface area contributed by atoms with E-state index in [0.29, 0.717) is 67.2 Å². The number of morpholine rings is 1. The number of phenols is 1. The van der Waals surface area contributed by atoms with Crippen LogP contribution in [0.25, 0.3) is 0 Å². The lowest BCUT2D eigenvalue weighted by atomic mass is 9.76. The zero-order valence-corrected chi connectivity index (χ0v) is 17.4. The number of phenolic OH excluding ortho intramolecular Hbond substituents is 1. The Bertz CT molecular complexity index is 1080. The molecule has 31 heavy (non-hydrogen) atoms. The van der Waals surface area contributed by atoms with Crippen LogP contribution in [0.15, 0.2) is 29.5 Å². The van der Waals surface area contributed by atoms with Gasteiger partial charge in [-0.05, 0) is 30.5 Å². The van der Waals surface area contributed by atoms with Crippen molar-refractivity contribution in [3.8, 4) is 11.5 Å². The number of hydrogen-bond acceptors (Lipinski definition) is 9. The number of nitrogen functional groups attached to an aromatic ring is 1. The third-order valence-electron chi connectivity index (χ3n) is 6.10. The third-order valence-corrected chi connectivity index (χ3v) is 6.10. The predicted octanol–water partition coefficient (Wildman–Crippen LogP) is 2.17. The van der Waals surface area contributed by atoms with E-state index in [-0.39, 0.29) is 11.5 Å². The summed E-state index contributed by atoms with van der Waals surface area (Å²) >= 11 is 0. The summed E-state index contributed by atoms with van der Waals surface area (Å²) in [7, 11) is 1.50. The van der Waals surface area contributed by atoms with Crippen molar-refractivity contribution in [2.45, 2.75) is 25.2 Å². The van der Waals surface area contributed by atoms with E-state index < -0.39 is 5.92 Å². The van der Waals surface area contributed by atoms with Crippen LogP contribution in [-0.4, -0.2) is 54.3 Å². The normalized spacial score (nSPS) is 20.7. The Morgan fingerprint density at radius 1 is 1.26 bits per heavy atom. The van der Waals surface area contributed by atoms with Crippen LogP contribution in [0.4, 0.5) is 17.6 Å². The molecule has 4 N–H and O–H groups in total. The monoisotopic (exact) mass is 423 g/mol. The first-order valence-corrected chi connectivity index (χ1v) is 10.5. The van der Waals surface area contributed by atoms with Crippen molar-refractivity contribution in [2.75, 3.05) is 49.4 Å². The number of nitrogens with zero attached hydrogens (tertiary/aromatic N) is 3. The number of aromatic nitrogens is 2. The number of fused-ring (bicyclic) bond motifs is 1. The fourth-order valence-corrected chi connectivity index (χ4v) is 4.59. The number of rotatable bonds is 3. The number of ether oxygens (including phenoxy) is 2. The van der Waals surface area contributed by atoms with Gasteiger partial charge in [0, 0.05) is 42.3 Å². The molecule has 9 heteroatoms. The molecule has 1 fully saturated rings. The Labute approximate surface area is 179 Å². The number of nitrogens with one attached hydrogen (secondary N) is 1. The van der Waals surface area contributed by atoms with Gasteiger partial charge in [0.15, 0.2) is 17.3 Å². The number of anilines is 3. The van der Waals surface area contributed by atoms with E-state index in [4.69, 9.17) is 20.2 Å². The summed E-state index contributed by atoms with van der Waals surface area (Å²) in [6, 6.07) is 5.17. The minimum atomic E-state index is -0.449. The van der Waals surface area contributed by atoms with Crippen LogP contribution in [0, 0.1) is 0 Å². The smallest absolute Gasteiger partial charge is 0.229 e. The van der Waals surface area contributed by atoms with E-state index in [1.807, 2.05) is 11.0 Å². The van der Waals surface area contributed by atoms with Crippen molar-refractivity contribution in [1.29, 1.82) is 0 Å². The first-order valence-electron chi connectivity index (χ1n) is 10.5. The standard InChI is InChI=1S/C22H25N5O4/c1-30-16-6-5-12(11-15(16)29)17-18-13(3-2-4-14(18)28)24-21-19(17)20(23)25-22(26-21)27-7-9-31-10-8-27/h5-6,11,17,29H,2-4,7-10H2,1H3,(H3,23,24,25,26)/t17-/m1/s1. The van der Waals surface area contributed by atoms with Crippen LogP contribution in [0.5, 0.6) is 11.5 Å². The predicted molar refractivity (Wildman–Crippen MR) is 115 cm³/mol. The second kappa shape index (κ2) is 7.73. The number of hydrogen-bond donors (Lipinski definition) is 3. The molecule has 5 rings (SSSR count). The molecule has 2 aromatic rings. The highest BCUT2D eigenvalue weighted by atomic mass is 16.5. The largest absolute Gasteiger partial charge is 0.504 e. The fraction of sp³-hybridized carbons (Fsp3) is 0.409. The van der Waals surface area contributed by atoms with Crippen LogP contribution in [-0.2, 0) is 9.53 Å². The topological polar surface area (TPSA) is 123 Å². The molecule has 1 aromatic carbocycles. The molecule has 9 nitrogen and oxygen atoms in total. The Morgan fingerprint density at radius 3 is 2.81 bits per heavy atom. The average Bonchev–Trinajstić information content (AvgIpc) is 2.78. The SMILES string of the molecule is COc1ccc([C@@H]2C3=C(CCCC3=O)Nc3nc(N4CCOCC4)nc(N)c32)cc1O. The highest BCUT2D eigenvalue weighted by Crippen LogP contribution is 2.48. The molecular formula is C22H25N5O4. The molecule has 1 saturated heterocycles. The van der Waals surface area contributed by atoms with Gasteiger partial charge in [0.25, 0.3) is 0 Å². The summed E-state index contributed by atoms with van der Waals surface area (Å²) in [4.78, 5) is 24.4. The lowest BCUT2D eigenvalue weighted by molar-refractivity contribution is -0.116. The minimum absolute atomic E-state index is 0.00918. The molecule has 0 amide bonds. The molecule has 3 aliphatic rings. The molecule has 3 heterocycles. The van der Waals surface area contributed by atoms with E-state index in [1.54, 1.807) is 12.1 Å². The van der Waals surface area contributed by atoms with Gasteiger partial charge in [0.05, 0.1) is 20.3 Å². The number of aromatic hydroxyl groups is 1. The zero-order chi connectivity index (χ0) is 21.5. The fourth-order valence-electron chi connectivity index (χ4n) is 4.59. The van der Waals surface area contributed by atoms with Gasteiger partial charge in [-0.15, -0.1) is 0 Å². The molecule has 0 bridgehead atoms. The average molecular weight is 423 g/mol. The Hall–Kier alpha value is -3.33. The Balaban J connectivity index is 1.66. The van der Waals surface area contributed by atoms with Crippen LogP contribution in [0.2, 0.25) is 0 Å². The van der Waals surface area contributed by atoms with Gasteiger partial charge in [-0.25, -0.2) is 0 Å². The number of carbonyl (C=O) groups is 1. The minimum Gasteiger partial charge on any atom is -0.504 e. The van der Waals surface area contributed by atoms with E-state index in [1.165, 1.54) is 7.11 Å².